The molecule has 5 aromatic rings. The molecule has 8 nitrogen and oxygen atoms in total. The quantitative estimate of drug-likeness (QED) is 0.349. The van der Waals surface area contributed by atoms with E-state index in [1.165, 1.54) is 0 Å². The van der Waals surface area contributed by atoms with Gasteiger partial charge in [0.2, 0.25) is 5.88 Å². The molecule has 3 N–H and O–H groups in total. The van der Waals surface area contributed by atoms with E-state index in [0.29, 0.717) is 16.7 Å². The Morgan fingerprint density at radius 1 is 0.935 bits per heavy atom. The molecule has 0 aliphatic rings. The van der Waals surface area contributed by atoms with Gasteiger partial charge in [-0.25, -0.2) is 4.98 Å². The van der Waals surface area contributed by atoms with Gasteiger partial charge in [0.05, 0.1) is 16.6 Å². The van der Waals surface area contributed by atoms with E-state index in [4.69, 9.17) is 4.74 Å². The van der Waals surface area contributed by atoms with Gasteiger partial charge in [0, 0.05) is 10.9 Å². The van der Waals surface area contributed by atoms with Crippen molar-refractivity contribution in [3.8, 4) is 23.0 Å². The average Bonchev–Trinajstić information content (AvgIpc) is 3.37. The zero-order valence-electron chi connectivity index (χ0n) is 16.2. The zero-order chi connectivity index (χ0) is 21.2. The number of carbonyl (C=O) groups excluding carboxylic acids is 1. The number of nitrogens with zero attached hydrogens (tertiary/aromatic N) is 3. The molecule has 0 saturated heterocycles. The summed E-state index contributed by atoms with van der Waals surface area (Å²) in [6.45, 7) is -0.267. The highest BCUT2D eigenvalue weighted by Gasteiger charge is 2.11. The second kappa shape index (κ2) is 7.75. The molecule has 8 heteroatoms. The van der Waals surface area contributed by atoms with Crippen molar-refractivity contribution in [3.05, 3.63) is 72.8 Å². The van der Waals surface area contributed by atoms with Crippen molar-refractivity contribution in [2.75, 3.05) is 6.61 Å². The van der Waals surface area contributed by atoms with Crippen LogP contribution in [-0.2, 0) is 4.79 Å². The van der Waals surface area contributed by atoms with Crippen LogP contribution in [0.15, 0.2) is 83.0 Å². The number of imidazole rings is 1. The van der Waals surface area contributed by atoms with Gasteiger partial charge in [0.1, 0.15) is 11.6 Å². The Labute approximate surface area is 176 Å². The predicted molar refractivity (Wildman–Crippen MR) is 117 cm³/mol. The smallest absolute Gasteiger partial charge is 0.302 e. The van der Waals surface area contributed by atoms with Gasteiger partial charge in [-0.05, 0) is 42.5 Å². The largest absolute Gasteiger partial charge is 0.493 e. The molecule has 1 amide bonds. The maximum Gasteiger partial charge on any atom is 0.302 e. The SMILES string of the molecule is O=C(COc1ccc(-c2nc3ccccc3[nH]2)cc1)N=Nc1c(O)[nH]c2ccccc12. The van der Waals surface area contributed by atoms with Crippen LogP contribution >= 0.6 is 0 Å². The van der Waals surface area contributed by atoms with Crippen molar-refractivity contribution in [2.45, 2.75) is 0 Å². The van der Waals surface area contributed by atoms with Gasteiger partial charge < -0.3 is 19.8 Å². The summed E-state index contributed by atoms with van der Waals surface area (Å²) in [6.07, 6.45) is 0. The molecular weight excluding hydrogens is 394 g/mol. The Balaban J connectivity index is 1.24. The van der Waals surface area contributed by atoms with E-state index in [1.807, 2.05) is 48.5 Å². The third-order valence-corrected chi connectivity index (χ3v) is 4.80. The van der Waals surface area contributed by atoms with E-state index in [9.17, 15) is 9.90 Å². The summed E-state index contributed by atoms with van der Waals surface area (Å²) in [5.41, 5.74) is 3.70. The van der Waals surface area contributed by atoms with Gasteiger partial charge in [0.25, 0.3) is 0 Å². The molecule has 2 heterocycles. The summed E-state index contributed by atoms with van der Waals surface area (Å²) < 4.78 is 5.50. The first-order chi connectivity index (χ1) is 15.2. The highest BCUT2D eigenvalue weighted by atomic mass is 16.5. The average molecular weight is 411 g/mol. The van der Waals surface area contributed by atoms with Crippen molar-refractivity contribution in [2.24, 2.45) is 10.2 Å². The number of hydrogen-bond donors (Lipinski definition) is 3. The lowest BCUT2D eigenvalue weighted by molar-refractivity contribution is -0.120. The first kappa shape index (κ1) is 18.6. The molecule has 0 aliphatic carbocycles. The maximum atomic E-state index is 12.1. The molecule has 0 atom stereocenters. The molecular formula is C23H17N5O3. The molecule has 0 unspecified atom stereocenters. The van der Waals surface area contributed by atoms with Gasteiger partial charge in [-0.15, -0.1) is 10.2 Å². The Hall–Kier alpha value is -4.46. The van der Waals surface area contributed by atoms with Gasteiger partial charge in [-0.2, -0.15) is 0 Å². The standard InChI is InChI=1S/C23H17N5O3/c29-20(27-28-21-16-5-1-2-6-17(16)26-23(21)30)13-31-15-11-9-14(10-12-15)22-24-18-7-3-4-8-19(18)25-22/h1-12,26,30H,13H2,(H,24,25). The minimum atomic E-state index is -0.564. The summed E-state index contributed by atoms with van der Waals surface area (Å²) in [5, 5.41) is 18.2. The molecule has 0 bridgehead atoms. The summed E-state index contributed by atoms with van der Waals surface area (Å²) >= 11 is 0. The van der Waals surface area contributed by atoms with Crippen LogP contribution in [-0.4, -0.2) is 32.6 Å². The number of nitrogens with one attached hydrogen (secondary N) is 2. The third kappa shape index (κ3) is 3.74. The lowest BCUT2D eigenvalue weighted by Crippen LogP contribution is -2.07. The first-order valence-corrected chi connectivity index (χ1v) is 9.59. The summed E-state index contributed by atoms with van der Waals surface area (Å²) in [7, 11) is 0. The van der Waals surface area contributed by atoms with Gasteiger partial charge in [0.15, 0.2) is 12.3 Å². The summed E-state index contributed by atoms with van der Waals surface area (Å²) in [4.78, 5) is 22.7. The van der Waals surface area contributed by atoms with Gasteiger partial charge >= 0.3 is 5.91 Å². The highest BCUT2D eigenvalue weighted by Crippen LogP contribution is 2.35. The second-order valence-electron chi connectivity index (χ2n) is 6.88. The number of rotatable bonds is 5. The normalized spacial score (nSPS) is 11.5. The molecule has 152 valence electrons. The Morgan fingerprint density at radius 3 is 2.48 bits per heavy atom. The van der Waals surface area contributed by atoms with Crippen LogP contribution < -0.4 is 4.74 Å². The zero-order valence-corrected chi connectivity index (χ0v) is 16.2. The second-order valence-corrected chi connectivity index (χ2v) is 6.88. The fourth-order valence-electron chi connectivity index (χ4n) is 3.29. The van der Waals surface area contributed by atoms with E-state index < -0.39 is 5.91 Å². The number of aromatic nitrogens is 3. The fraction of sp³-hybridized carbons (Fsp3) is 0.0435. The lowest BCUT2D eigenvalue weighted by atomic mass is 10.2. The van der Waals surface area contributed by atoms with Crippen molar-refractivity contribution < 1.29 is 14.6 Å². The van der Waals surface area contributed by atoms with E-state index >= 15 is 0 Å². The predicted octanol–water partition coefficient (Wildman–Crippen LogP) is 5.11. The molecule has 0 fully saturated rings. The van der Waals surface area contributed by atoms with Crippen molar-refractivity contribution >= 4 is 33.5 Å². The Kier molecular flexibility index (Phi) is 4.64. The maximum absolute atomic E-state index is 12.1. The van der Waals surface area contributed by atoms with Crippen LogP contribution in [0.4, 0.5) is 5.69 Å². The molecule has 31 heavy (non-hydrogen) atoms. The first-order valence-electron chi connectivity index (χ1n) is 9.59. The molecule has 0 radical (unpaired) electrons. The van der Waals surface area contributed by atoms with Gasteiger partial charge in [-0.3, -0.25) is 4.79 Å². The lowest BCUT2D eigenvalue weighted by Gasteiger charge is -2.04. The van der Waals surface area contributed by atoms with E-state index in [1.54, 1.807) is 24.3 Å². The molecule has 0 saturated carbocycles. The van der Waals surface area contributed by atoms with Crippen molar-refractivity contribution in [3.63, 3.8) is 0 Å². The van der Waals surface area contributed by atoms with Crippen LogP contribution in [0.3, 0.4) is 0 Å². The van der Waals surface area contributed by atoms with Crippen LogP contribution in [0.25, 0.3) is 33.3 Å². The van der Waals surface area contributed by atoms with E-state index in [0.717, 1.165) is 22.4 Å². The minimum Gasteiger partial charge on any atom is -0.493 e. The number of para-hydroxylation sites is 3. The number of hydrogen-bond acceptors (Lipinski definition) is 5. The van der Waals surface area contributed by atoms with Crippen LogP contribution in [0.1, 0.15) is 0 Å². The topological polar surface area (TPSA) is 116 Å². The molecule has 0 aliphatic heterocycles. The highest BCUT2D eigenvalue weighted by molar-refractivity contribution is 5.94. The van der Waals surface area contributed by atoms with Crippen LogP contribution in [0.5, 0.6) is 11.6 Å². The molecule has 3 aromatic carbocycles. The monoisotopic (exact) mass is 411 g/mol. The number of H-pyrrole nitrogens is 2. The number of carbonyl (C=O) groups is 1. The number of aromatic amines is 2. The number of aromatic hydroxyl groups is 1. The summed E-state index contributed by atoms with van der Waals surface area (Å²) in [6, 6.07) is 22.3. The Bertz CT molecular complexity index is 1380. The Morgan fingerprint density at radius 2 is 1.68 bits per heavy atom. The molecule has 5 rings (SSSR count). The van der Waals surface area contributed by atoms with Crippen LogP contribution in [0, 0.1) is 0 Å². The van der Waals surface area contributed by atoms with Gasteiger partial charge in [-0.1, -0.05) is 30.3 Å². The minimum absolute atomic E-state index is 0.139. The number of benzene rings is 3. The van der Waals surface area contributed by atoms with Crippen molar-refractivity contribution in [1.29, 1.82) is 0 Å². The van der Waals surface area contributed by atoms with Crippen LogP contribution in [0.2, 0.25) is 0 Å². The van der Waals surface area contributed by atoms with Crippen molar-refractivity contribution in [1.82, 2.24) is 15.0 Å². The number of amides is 1. The number of azo groups is 1. The number of fused-ring (bicyclic) bond motifs is 2. The number of ether oxygens (including phenoxy) is 1. The van der Waals surface area contributed by atoms with E-state index in [2.05, 4.69) is 25.2 Å². The third-order valence-electron chi connectivity index (χ3n) is 4.80. The summed E-state index contributed by atoms with van der Waals surface area (Å²) in [5.74, 6) is 0.584. The fourth-order valence-corrected chi connectivity index (χ4v) is 3.29. The molecule has 0 spiro atoms. The van der Waals surface area contributed by atoms with E-state index in [-0.39, 0.29) is 18.2 Å². The molecule has 2 aromatic heterocycles.